The molecule has 0 unspecified atom stereocenters. The van der Waals surface area contributed by atoms with Gasteiger partial charge in [0.1, 0.15) is 0 Å². The molecule has 0 heterocycles. The van der Waals surface area contributed by atoms with E-state index in [4.69, 9.17) is 0 Å². The lowest BCUT2D eigenvalue weighted by Crippen LogP contribution is -2.16. The molecule has 3 heteroatoms. The van der Waals surface area contributed by atoms with Gasteiger partial charge >= 0.3 is 0 Å². The molecule has 520 valence electrons. The summed E-state index contributed by atoms with van der Waals surface area (Å²) in [5.74, 6) is 0. The summed E-state index contributed by atoms with van der Waals surface area (Å²) < 4.78 is 1.08. The fourth-order valence-corrected chi connectivity index (χ4v) is 17.7. The van der Waals surface area contributed by atoms with Crippen molar-refractivity contribution in [1.82, 2.24) is 0 Å². The molecule has 109 heavy (non-hydrogen) atoms. The van der Waals surface area contributed by atoms with E-state index >= 15 is 0 Å². The monoisotopic (exact) mass is 1460 g/mol. The van der Waals surface area contributed by atoms with Crippen LogP contribution in [0.4, 0.5) is 34.1 Å². The van der Waals surface area contributed by atoms with E-state index in [9.17, 15) is 0 Å². The zero-order chi connectivity index (χ0) is 73.7. The number of benzene rings is 18. The van der Waals surface area contributed by atoms with E-state index in [1.54, 1.807) is 0 Å². The topological polar surface area (TPSA) is 6.48 Å². The molecule has 0 radical (unpaired) electrons. The molecule has 0 fully saturated rings. The molecular formula is C106H79BrN2. The van der Waals surface area contributed by atoms with Crippen LogP contribution in [0.15, 0.2) is 387 Å². The van der Waals surface area contributed by atoms with Crippen LogP contribution in [0, 0.1) is 0 Å². The molecule has 0 aromatic heterocycles. The highest BCUT2D eigenvalue weighted by Gasteiger charge is 2.37. The summed E-state index contributed by atoms with van der Waals surface area (Å²) in [4.78, 5) is 4.70. The fraction of sp³-hybridized carbons (Fsp3) is 0.0566. The van der Waals surface area contributed by atoms with Crippen molar-refractivity contribution in [3.8, 4) is 44.5 Å². The van der Waals surface area contributed by atoms with Gasteiger partial charge in [-0.25, -0.2) is 0 Å². The quantitative estimate of drug-likeness (QED) is 0.0941. The maximum atomic E-state index is 4.08. The summed E-state index contributed by atoms with van der Waals surface area (Å²) in [5.41, 5.74) is 26.5. The number of fused-ring (bicyclic) bond motifs is 12. The van der Waals surface area contributed by atoms with E-state index in [1.165, 1.54) is 148 Å². The van der Waals surface area contributed by atoms with Crippen LogP contribution in [0.2, 0.25) is 0 Å². The molecule has 2 aliphatic rings. The van der Waals surface area contributed by atoms with Crippen LogP contribution in [0.3, 0.4) is 0 Å². The van der Waals surface area contributed by atoms with E-state index in [0.717, 1.165) is 38.5 Å². The maximum Gasteiger partial charge on any atom is 0.0465 e. The smallest absolute Gasteiger partial charge is 0.0465 e. The van der Waals surface area contributed by atoms with Gasteiger partial charge < -0.3 is 9.80 Å². The Morgan fingerprint density at radius 2 is 0.550 bits per heavy atom. The molecule has 0 atom stereocenters. The minimum atomic E-state index is -0.0691. The average Bonchev–Trinajstić information content (AvgIpc) is 0.980. The largest absolute Gasteiger partial charge is 0.310 e. The van der Waals surface area contributed by atoms with Gasteiger partial charge in [0.05, 0.1) is 0 Å². The van der Waals surface area contributed by atoms with Crippen molar-refractivity contribution in [1.29, 1.82) is 0 Å². The van der Waals surface area contributed by atoms with Crippen molar-refractivity contribution in [3.05, 3.63) is 426 Å². The first-order valence-electron chi connectivity index (χ1n) is 37.7. The van der Waals surface area contributed by atoms with Gasteiger partial charge in [-0.3, -0.25) is 0 Å². The third-order valence-corrected chi connectivity index (χ3v) is 23.2. The van der Waals surface area contributed by atoms with Gasteiger partial charge in [-0.15, -0.1) is 0 Å². The molecule has 18 aromatic carbocycles. The Balaban J connectivity index is 0.000000127. The first-order chi connectivity index (χ1) is 53.5. The Hall–Kier alpha value is -12.9. The number of hydrogen-bond acceptors (Lipinski definition) is 2. The molecule has 0 spiro atoms. The van der Waals surface area contributed by atoms with E-state index in [0.29, 0.717) is 0 Å². The van der Waals surface area contributed by atoms with Crippen molar-refractivity contribution in [3.63, 3.8) is 0 Å². The standard InChI is InChI=1S/C53H39N.C27H22BrN.C26H18/c1-53(2)50-26-13-12-22-45(50)46-34-32-40(35-51(46)53)54(38-17-4-3-5-18-38)39-30-27-36(28-31-39)29-33-44-42-20-8-10-23-48(42)52(49-24-11-9-21-43(44)49)47-25-14-16-37-15-6-7-19-41(37)47;1-27(2)25-11-7-6-10-23(25)24-17-16-22(18-26(24)27)29(20-8-4-3-5-9-20)21-14-12-19(28)13-15-21;1-2-19-21-13-5-7-15-24(21)26(25-16-8-6-14-22(19)25)23-17-9-11-18-10-3-4-12-20(18)23/h3-35H,1-2H3;3-18H,1-2H3;2-17H,1H2/b33-29+;;. The molecule has 0 N–H and O–H groups in total. The Morgan fingerprint density at radius 3 is 0.963 bits per heavy atom. The van der Waals surface area contributed by atoms with Crippen molar-refractivity contribution >= 4 is 133 Å². The van der Waals surface area contributed by atoms with E-state index in [1.807, 2.05) is 6.08 Å². The van der Waals surface area contributed by atoms with Crippen LogP contribution in [-0.4, -0.2) is 0 Å². The zero-order valence-corrected chi connectivity index (χ0v) is 63.1. The van der Waals surface area contributed by atoms with Crippen molar-refractivity contribution in [2.75, 3.05) is 9.80 Å². The van der Waals surface area contributed by atoms with E-state index in [-0.39, 0.29) is 10.8 Å². The molecule has 0 aliphatic heterocycles. The fourth-order valence-electron chi connectivity index (χ4n) is 17.4. The van der Waals surface area contributed by atoms with Gasteiger partial charge in [0.15, 0.2) is 0 Å². The third-order valence-electron chi connectivity index (χ3n) is 22.6. The van der Waals surface area contributed by atoms with Crippen molar-refractivity contribution in [2.24, 2.45) is 0 Å². The lowest BCUT2D eigenvalue weighted by Gasteiger charge is -2.28. The summed E-state index contributed by atoms with van der Waals surface area (Å²) in [5, 5.41) is 15.2. The van der Waals surface area contributed by atoms with Gasteiger partial charge in [-0.1, -0.05) is 360 Å². The Kier molecular flexibility index (Phi) is 17.7. The molecule has 0 amide bonds. The molecular weight excluding hydrogens is 1380 g/mol. The lowest BCUT2D eigenvalue weighted by atomic mass is 9.82. The van der Waals surface area contributed by atoms with Crippen LogP contribution in [0.1, 0.15) is 66.6 Å². The summed E-state index contributed by atoms with van der Waals surface area (Å²) in [6, 6.07) is 136. The molecule has 0 saturated carbocycles. The van der Waals surface area contributed by atoms with Crippen LogP contribution in [-0.2, 0) is 10.8 Å². The number of anilines is 6. The summed E-state index contributed by atoms with van der Waals surface area (Å²) >= 11 is 3.56. The van der Waals surface area contributed by atoms with Crippen LogP contribution < -0.4 is 9.80 Å². The SMILES string of the molecule is C=Cc1c2ccccc2c(-c2cccc3ccccc23)c2ccccc12.CC1(C)c2ccccc2-c2ccc(N(c3ccccc3)c3ccc(/C=C/c4c5ccccc5c(-c5cccc6ccccc56)c5ccccc45)cc3)cc21.CC1(C)c2ccccc2-c2ccc(N(c3ccccc3)c3ccc(Br)cc3)cc21. The Bertz CT molecular complexity index is 6440. The van der Waals surface area contributed by atoms with Gasteiger partial charge in [0.2, 0.25) is 0 Å². The first-order valence-corrected chi connectivity index (χ1v) is 38.5. The lowest BCUT2D eigenvalue weighted by molar-refractivity contribution is 0.660. The van der Waals surface area contributed by atoms with E-state index < -0.39 is 0 Å². The van der Waals surface area contributed by atoms with Gasteiger partial charge in [0.25, 0.3) is 0 Å². The number of nitrogens with zero attached hydrogens (tertiary/aromatic N) is 2. The summed E-state index contributed by atoms with van der Waals surface area (Å²) in [6.45, 7) is 13.4. The van der Waals surface area contributed by atoms with E-state index in [2.05, 4.69) is 448 Å². The minimum Gasteiger partial charge on any atom is -0.310 e. The average molecular weight is 1460 g/mol. The van der Waals surface area contributed by atoms with Crippen LogP contribution >= 0.6 is 15.9 Å². The Morgan fingerprint density at radius 1 is 0.248 bits per heavy atom. The summed E-state index contributed by atoms with van der Waals surface area (Å²) in [7, 11) is 0. The Labute approximate surface area is 647 Å². The molecule has 18 aromatic rings. The minimum absolute atomic E-state index is 0.00991. The first kappa shape index (κ1) is 67.9. The molecule has 2 nitrogen and oxygen atoms in total. The third kappa shape index (κ3) is 12.2. The van der Waals surface area contributed by atoms with Crippen molar-refractivity contribution in [2.45, 2.75) is 38.5 Å². The number of para-hydroxylation sites is 2. The van der Waals surface area contributed by atoms with Crippen LogP contribution in [0.5, 0.6) is 0 Å². The summed E-state index contributed by atoms with van der Waals surface area (Å²) in [6.07, 6.45) is 6.55. The second kappa shape index (κ2) is 28.4. The zero-order valence-electron chi connectivity index (χ0n) is 61.5. The van der Waals surface area contributed by atoms with Gasteiger partial charge in [0, 0.05) is 49.4 Å². The molecule has 0 saturated heterocycles. The highest BCUT2D eigenvalue weighted by molar-refractivity contribution is 9.10. The van der Waals surface area contributed by atoms with Gasteiger partial charge in [-0.05, 0) is 233 Å². The molecule has 20 rings (SSSR count). The molecule has 0 bridgehead atoms. The normalized spacial score (nSPS) is 12.8. The van der Waals surface area contributed by atoms with Crippen LogP contribution in [0.25, 0.3) is 127 Å². The second-order valence-electron chi connectivity index (χ2n) is 29.6. The highest BCUT2D eigenvalue weighted by atomic mass is 79.9. The molecule has 2 aliphatic carbocycles. The maximum absolute atomic E-state index is 4.08. The highest BCUT2D eigenvalue weighted by Crippen LogP contribution is 2.53. The number of hydrogen-bond donors (Lipinski definition) is 0. The number of rotatable bonds is 11. The van der Waals surface area contributed by atoms with Gasteiger partial charge in [-0.2, -0.15) is 0 Å². The second-order valence-corrected chi connectivity index (χ2v) is 30.5. The predicted molar refractivity (Wildman–Crippen MR) is 473 cm³/mol. The predicted octanol–water partition coefficient (Wildman–Crippen LogP) is 30.4. The van der Waals surface area contributed by atoms with Crippen molar-refractivity contribution < 1.29 is 0 Å². The number of halogens is 1.